The lowest BCUT2D eigenvalue weighted by Crippen LogP contribution is -2.21. The second-order valence-corrected chi connectivity index (χ2v) is 6.75. The van der Waals surface area contributed by atoms with Crippen molar-refractivity contribution in [2.75, 3.05) is 18.2 Å². The van der Waals surface area contributed by atoms with E-state index in [1.54, 1.807) is 0 Å². The van der Waals surface area contributed by atoms with Crippen LogP contribution >= 0.6 is 15.9 Å². The Bertz CT molecular complexity index is 907. The normalized spacial score (nSPS) is 15.3. The van der Waals surface area contributed by atoms with E-state index in [4.69, 9.17) is 9.47 Å². The van der Waals surface area contributed by atoms with E-state index in [1.165, 1.54) is 5.01 Å². The third-order valence-corrected chi connectivity index (χ3v) is 4.58. The van der Waals surface area contributed by atoms with Gasteiger partial charge in [-0.05, 0) is 72.6 Å². The number of anilines is 1. The third kappa shape index (κ3) is 4.06. The minimum atomic E-state index is -0.151. The maximum absolute atomic E-state index is 12.9. The van der Waals surface area contributed by atoms with Crippen LogP contribution in [0.2, 0.25) is 0 Å². The highest BCUT2D eigenvalue weighted by molar-refractivity contribution is 9.10. The molecule has 1 aliphatic rings. The molecule has 1 aliphatic heterocycles. The number of carbonyl (C=O) groups excluding carboxylic acids is 1. The van der Waals surface area contributed by atoms with Crippen molar-refractivity contribution >= 4 is 39.3 Å². The van der Waals surface area contributed by atoms with Crippen molar-refractivity contribution in [2.24, 2.45) is 5.10 Å². The fraction of sp³-hybridized carbons (Fsp3) is 0.238. The molecular weight excluding hydrogens is 408 g/mol. The summed E-state index contributed by atoms with van der Waals surface area (Å²) in [7, 11) is 0. The highest BCUT2D eigenvalue weighted by atomic mass is 79.9. The van der Waals surface area contributed by atoms with Gasteiger partial charge in [0.05, 0.1) is 34.7 Å². The number of carbonyl (C=O) groups is 1. The molecule has 27 heavy (non-hydrogen) atoms. The Morgan fingerprint density at radius 2 is 1.81 bits per heavy atom. The molecule has 0 saturated heterocycles. The maximum Gasteiger partial charge on any atom is 0.280 e. The van der Waals surface area contributed by atoms with E-state index in [0.29, 0.717) is 36.0 Å². The van der Waals surface area contributed by atoms with Crippen LogP contribution < -0.4 is 14.5 Å². The molecule has 2 aromatic carbocycles. The second kappa shape index (κ2) is 8.39. The predicted octanol–water partition coefficient (Wildman–Crippen LogP) is 5.05. The smallest absolute Gasteiger partial charge is 0.280 e. The molecule has 3 rings (SSSR count). The topological polar surface area (TPSA) is 51.1 Å². The van der Waals surface area contributed by atoms with Crippen LogP contribution in [0.3, 0.4) is 0 Å². The molecular formula is C21H21BrN2O3. The zero-order valence-electron chi connectivity index (χ0n) is 15.5. The molecule has 0 fully saturated rings. The van der Waals surface area contributed by atoms with E-state index in [2.05, 4.69) is 21.0 Å². The second-order valence-electron chi connectivity index (χ2n) is 5.89. The number of para-hydroxylation sites is 1. The van der Waals surface area contributed by atoms with Gasteiger partial charge in [-0.25, -0.2) is 0 Å². The Labute approximate surface area is 167 Å². The number of amides is 1. The van der Waals surface area contributed by atoms with Gasteiger partial charge in [0.1, 0.15) is 0 Å². The molecule has 0 unspecified atom stereocenters. The average Bonchev–Trinajstić information content (AvgIpc) is 2.94. The van der Waals surface area contributed by atoms with Gasteiger partial charge in [0.15, 0.2) is 11.5 Å². The number of rotatable bonds is 6. The number of nitrogens with zero attached hydrogens (tertiary/aromatic N) is 2. The van der Waals surface area contributed by atoms with Crippen LogP contribution in [0.25, 0.3) is 6.08 Å². The minimum absolute atomic E-state index is 0.151. The molecule has 0 bridgehead atoms. The number of hydrogen-bond acceptors (Lipinski definition) is 4. The van der Waals surface area contributed by atoms with Gasteiger partial charge in [0.25, 0.3) is 5.91 Å². The first-order chi connectivity index (χ1) is 13.0. The Hall–Kier alpha value is -2.60. The molecule has 0 saturated carbocycles. The van der Waals surface area contributed by atoms with Crippen LogP contribution in [-0.2, 0) is 4.79 Å². The summed E-state index contributed by atoms with van der Waals surface area (Å²) in [5, 5.41) is 5.83. The Morgan fingerprint density at radius 3 is 2.48 bits per heavy atom. The quantitative estimate of drug-likeness (QED) is 0.604. The summed E-state index contributed by atoms with van der Waals surface area (Å²) >= 11 is 3.54. The van der Waals surface area contributed by atoms with E-state index in [1.807, 2.05) is 69.3 Å². The van der Waals surface area contributed by atoms with Crippen LogP contribution in [0.4, 0.5) is 5.69 Å². The van der Waals surface area contributed by atoms with E-state index in [0.717, 1.165) is 15.7 Å². The van der Waals surface area contributed by atoms with E-state index in [9.17, 15) is 4.79 Å². The lowest BCUT2D eigenvalue weighted by molar-refractivity contribution is -0.114. The van der Waals surface area contributed by atoms with E-state index in [-0.39, 0.29) is 5.91 Å². The molecule has 0 N–H and O–H groups in total. The molecule has 0 radical (unpaired) electrons. The molecule has 0 aromatic heterocycles. The predicted molar refractivity (Wildman–Crippen MR) is 111 cm³/mol. The first-order valence-electron chi connectivity index (χ1n) is 8.81. The Balaban J connectivity index is 1.97. The first kappa shape index (κ1) is 19.2. The number of hydrogen-bond donors (Lipinski definition) is 0. The lowest BCUT2D eigenvalue weighted by atomic mass is 10.1. The number of hydrazone groups is 1. The summed E-state index contributed by atoms with van der Waals surface area (Å²) in [5.74, 6) is 1.15. The van der Waals surface area contributed by atoms with Crippen molar-refractivity contribution in [3.05, 3.63) is 58.1 Å². The Kier molecular flexibility index (Phi) is 5.96. The van der Waals surface area contributed by atoms with E-state index < -0.39 is 0 Å². The SMILES string of the molecule is CCOc1cc(C=C2C(=O)N(c3ccccc3)N=C2C)cc(Br)c1OCC. The molecule has 0 aliphatic carbocycles. The van der Waals surface area contributed by atoms with Crippen molar-refractivity contribution < 1.29 is 14.3 Å². The zero-order chi connectivity index (χ0) is 19.4. The number of halogens is 1. The van der Waals surface area contributed by atoms with Gasteiger partial charge in [-0.2, -0.15) is 10.1 Å². The summed E-state index contributed by atoms with van der Waals surface area (Å²) in [6, 6.07) is 13.2. The molecule has 0 atom stereocenters. The molecule has 5 nitrogen and oxygen atoms in total. The van der Waals surface area contributed by atoms with E-state index >= 15 is 0 Å². The van der Waals surface area contributed by atoms with Crippen molar-refractivity contribution in [1.82, 2.24) is 0 Å². The third-order valence-electron chi connectivity index (χ3n) is 3.99. The fourth-order valence-corrected chi connectivity index (χ4v) is 3.39. The van der Waals surface area contributed by atoms with Crippen molar-refractivity contribution in [2.45, 2.75) is 20.8 Å². The van der Waals surface area contributed by atoms with Gasteiger partial charge in [0.2, 0.25) is 0 Å². The van der Waals surface area contributed by atoms with Crippen LogP contribution in [0.1, 0.15) is 26.3 Å². The minimum Gasteiger partial charge on any atom is -0.490 e. The fourth-order valence-electron chi connectivity index (χ4n) is 2.81. The molecule has 1 amide bonds. The maximum atomic E-state index is 12.9. The molecule has 1 heterocycles. The van der Waals surface area contributed by atoms with Crippen molar-refractivity contribution in [3.63, 3.8) is 0 Å². The van der Waals surface area contributed by atoms with Crippen molar-refractivity contribution in [3.8, 4) is 11.5 Å². The van der Waals surface area contributed by atoms with Crippen molar-refractivity contribution in [1.29, 1.82) is 0 Å². The van der Waals surface area contributed by atoms with Crippen LogP contribution in [0, 0.1) is 0 Å². The van der Waals surface area contributed by atoms with Crippen LogP contribution in [0.15, 0.2) is 57.6 Å². The van der Waals surface area contributed by atoms with Gasteiger partial charge < -0.3 is 9.47 Å². The highest BCUT2D eigenvalue weighted by Crippen LogP contribution is 2.38. The number of benzene rings is 2. The first-order valence-corrected chi connectivity index (χ1v) is 9.60. The molecule has 2 aromatic rings. The largest absolute Gasteiger partial charge is 0.490 e. The summed E-state index contributed by atoms with van der Waals surface area (Å²) in [4.78, 5) is 12.9. The van der Waals surface area contributed by atoms with Gasteiger partial charge in [-0.1, -0.05) is 18.2 Å². The molecule has 140 valence electrons. The Morgan fingerprint density at radius 1 is 1.11 bits per heavy atom. The van der Waals surface area contributed by atoms with Gasteiger partial charge in [-0.15, -0.1) is 0 Å². The summed E-state index contributed by atoms with van der Waals surface area (Å²) in [5.41, 5.74) is 2.80. The lowest BCUT2D eigenvalue weighted by Gasteiger charge is -2.14. The standard InChI is InChI=1S/C21H21BrN2O3/c1-4-26-19-13-15(12-18(22)20(19)27-5-2)11-17-14(3)23-24(21(17)25)16-9-7-6-8-10-16/h6-13H,4-5H2,1-3H3. The number of ether oxygens (including phenoxy) is 2. The van der Waals surface area contributed by atoms with Gasteiger partial charge >= 0.3 is 0 Å². The van der Waals surface area contributed by atoms with Crippen LogP contribution in [0.5, 0.6) is 11.5 Å². The average molecular weight is 429 g/mol. The molecule has 6 heteroatoms. The highest BCUT2D eigenvalue weighted by Gasteiger charge is 2.28. The zero-order valence-corrected chi connectivity index (χ0v) is 17.1. The van der Waals surface area contributed by atoms with Gasteiger partial charge in [-0.3, -0.25) is 4.79 Å². The monoisotopic (exact) mass is 428 g/mol. The summed E-state index contributed by atoms with van der Waals surface area (Å²) in [6.45, 7) is 6.74. The van der Waals surface area contributed by atoms with Gasteiger partial charge in [0, 0.05) is 0 Å². The van der Waals surface area contributed by atoms with Crippen LogP contribution in [-0.4, -0.2) is 24.8 Å². The molecule has 0 spiro atoms. The summed E-state index contributed by atoms with van der Waals surface area (Å²) in [6.07, 6.45) is 1.83. The summed E-state index contributed by atoms with van der Waals surface area (Å²) < 4.78 is 12.2.